The summed E-state index contributed by atoms with van der Waals surface area (Å²) in [6.45, 7) is 3.69. The molecule has 1 fully saturated rings. The molecule has 1 amide bonds. The normalized spacial score (nSPS) is 18.4. The Balaban J connectivity index is 0.00000200. The van der Waals surface area contributed by atoms with Crippen molar-refractivity contribution in [2.45, 2.75) is 13.0 Å². The van der Waals surface area contributed by atoms with Crippen molar-refractivity contribution in [3.8, 4) is 5.75 Å². The Bertz CT molecular complexity index is 474. The molecule has 2 rings (SSSR count). The van der Waals surface area contributed by atoms with E-state index in [1.54, 1.807) is 4.90 Å². The second-order valence-corrected chi connectivity index (χ2v) is 4.56. The van der Waals surface area contributed by atoms with E-state index in [2.05, 4.69) is 5.32 Å². The molecule has 0 aliphatic carbocycles. The van der Waals surface area contributed by atoms with E-state index in [0.717, 1.165) is 18.7 Å². The van der Waals surface area contributed by atoms with Crippen LogP contribution in [0.4, 0.5) is 8.78 Å². The summed E-state index contributed by atoms with van der Waals surface area (Å²) in [4.78, 5) is 13.5. The van der Waals surface area contributed by atoms with Crippen molar-refractivity contribution in [1.82, 2.24) is 10.2 Å². The molecule has 1 heterocycles. The highest BCUT2D eigenvalue weighted by atomic mass is 35.5. The first-order valence-corrected chi connectivity index (χ1v) is 6.15. The number of benzene rings is 1. The lowest BCUT2D eigenvalue weighted by molar-refractivity contribution is -0.134. The monoisotopic (exact) mass is 306 g/mol. The lowest BCUT2D eigenvalue weighted by atomic mass is 10.2. The van der Waals surface area contributed by atoms with Gasteiger partial charge in [-0.25, -0.2) is 8.78 Å². The van der Waals surface area contributed by atoms with Gasteiger partial charge in [-0.05, 0) is 19.1 Å². The molecule has 1 aliphatic heterocycles. The Morgan fingerprint density at radius 3 is 2.90 bits per heavy atom. The molecule has 0 saturated carbocycles. The van der Waals surface area contributed by atoms with Crippen molar-refractivity contribution in [2.75, 3.05) is 26.2 Å². The summed E-state index contributed by atoms with van der Waals surface area (Å²) in [6.07, 6.45) is 0. The largest absolute Gasteiger partial charge is 0.481 e. The molecule has 1 atom stereocenters. The van der Waals surface area contributed by atoms with Crippen LogP contribution < -0.4 is 10.1 Å². The lowest BCUT2D eigenvalue weighted by Crippen LogP contribution is -2.52. The van der Waals surface area contributed by atoms with Crippen LogP contribution in [-0.4, -0.2) is 43.1 Å². The van der Waals surface area contributed by atoms with E-state index in [1.807, 2.05) is 6.92 Å². The maximum Gasteiger partial charge on any atom is 0.260 e. The molecule has 20 heavy (non-hydrogen) atoms. The molecule has 1 saturated heterocycles. The predicted molar refractivity (Wildman–Crippen MR) is 73.1 cm³/mol. The van der Waals surface area contributed by atoms with Crippen molar-refractivity contribution < 1.29 is 18.3 Å². The first kappa shape index (κ1) is 16.7. The fraction of sp³-hybridized carbons (Fsp3) is 0.462. The molecule has 0 spiro atoms. The quantitative estimate of drug-likeness (QED) is 0.922. The van der Waals surface area contributed by atoms with Gasteiger partial charge in [-0.15, -0.1) is 12.4 Å². The highest BCUT2D eigenvalue weighted by Gasteiger charge is 2.21. The average Bonchev–Trinajstić information content (AvgIpc) is 2.37. The van der Waals surface area contributed by atoms with E-state index in [1.165, 1.54) is 6.07 Å². The average molecular weight is 307 g/mol. The van der Waals surface area contributed by atoms with Gasteiger partial charge in [-0.3, -0.25) is 4.79 Å². The van der Waals surface area contributed by atoms with E-state index in [0.29, 0.717) is 13.1 Å². The molecule has 7 heteroatoms. The van der Waals surface area contributed by atoms with Crippen molar-refractivity contribution in [3.05, 3.63) is 29.8 Å². The Labute approximate surface area is 122 Å². The van der Waals surface area contributed by atoms with E-state index in [9.17, 15) is 13.6 Å². The second-order valence-electron chi connectivity index (χ2n) is 4.56. The highest BCUT2D eigenvalue weighted by molar-refractivity contribution is 5.85. The maximum absolute atomic E-state index is 13.3. The van der Waals surface area contributed by atoms with Gasteiger partial charge < -0.3 is 15.0 Å². The molecular formula is C13H17ClF2N2O2. The number of piperazine rings is 1. The fourth-order valence-electron chi connectivity index (χ4n) is 1.98. The Kier molecular flexibility index (Phi) is 6.16. The number of nitrogens with zero attached hydrogens (tertiary/aromatic N) is 1. The molecular weight excluding hydrogens is 290 g/mol. The van der Waals surface area contributed by atoms with Gasteiger partial charge in [0.2, 0.25) is 0 Å². The minimum atomic E-state index is -0.804. The zero-order valence-corrected chi connectivity index (χ0v) is 11.9. The third-order valence-electron chi connectivity index (χ3n) is 2.97. The molecule has 0 radical (unpaired) electrons. The first-order valence-electron chi connectivity index (χ1n) is 6.15. The van der Waals surface area contributed by atoms with Crippen molar-refractivity contribution in [3.63, 3.8) is 0 Å². The van der Waals surface area contributed by atoms with Gasteiger partial charge in [0.25, 0.3) is 5.91 Å². The molecule has 1 aromatic carbocycles. The van der Waals surface area contributed by atoms with Gasteiger partial charge in [0.05, 0.1) is 0 Å². The van der Waals surface area contributed by atoms with Gasteiger partial charge in [-0.2, -0.15) is 0 Å². The van der Waals surface area contributed by atoms with Crippen molar-refractivity contribution >= 4 is 18.3 Å². The Hall–Kier alpha value is -1.40. The van der Waals surface area contributed by atoms with Crippen LogP contribution in [0, 0.1) is 11.6 Å². The zero-order chi connectivity index (χ0) is 13.8. The zero-order valence-electron chi connectivity index (χ0n) is 11.1. The summed E-state index contributed by atoms with van der Waals surface area (Å²) in [6, 6.07) is 3.24. The molecule has 1 N–H and O–H groups in total. The molecule has 0 bridgehead atoms. The minimum absolute atomic E-state index is 0. The third kappa shape index (κ3) is 4.31. The summed E-state index contributed by atoms with van der Waals surface area (Å²) < 4.78 is 31.1. The SMILES string of the molecule is CC1CN(C(=O)COc2ccc(F)cc2F)CCN1.Cl. The summed E-state index contributed by atoms with van der Waals surface area (Å²) in [5, 5.41) is 3.22. The number of amides is 1. The number of carbonyl (C=O) groups excluding carboxylic acids is 1. The Morgan fingerprint density at radius 1 is 1.50 bits per heavy atom. The molecule has 112 valence electrons. The number of hydrogen-bond acceptors (Lipinski definition) is 3. The number of hydrogen-bond donors (Lipinski definition) is 1. The third-order valence-corrected chi connectivity index (χ3v) is 2.97. The maximum atomic E-state index is 13.3. The summed E-state index contributed by atoms with van der Waals surface area (Å²) in [5.41, 5.74) is 0. The van der Waals surface area contributed by atoms with Crippen molar-refractivity contribution in [1.29, 1.82) is 0 Å². The van der Waals surface area contributed by atoms with E-state index >= 15 is 0 Å². The number of halogens is 3. The van der Waals surface area contributed by atoms with Crippen LogP contribution >= 0.6 is 12.4 Å². The smallest absolute Gasteiger partial charge is 0.260 e. The second kappa shape index (κ2) is 7.40. The fourth-order valence-corrected chi connectivity index (χ4v) is 1.98. The molecule has 1 unspecified atom stereocenters. The summed E-state index contributed by atoms with van der Waals surface area (Å²) in [7, 11) is 0. The van der Waals surface area contributed by atoms with E-state index in [4.69, 9.17) is 4.74 Å². The van der Waals surface area contributed by atoms with Crippen LogP contribution in [0.3, 0.4) is 0 Å². The molecule has 0 aromatic heterocycles. The molecule has 1 aromatic rings. The van der Waals surface area contributed by atoms with E-state index in [-0.39, 0.29) is 36.7 Å². The number of carbonyl (C=O) groups is 1. The van der Waals surface area contributed by atoms with Crippen LogP contribution in [0.5, 0.6) is 5.75 Å². The first-order chi connectivity index (χ1) is 9.06. The summed E-state index contributed by atoms with van der Waals surface area (Å²) >= 11 is 0. The van der Waals surface area contributed by atoms with Crippen LogP contribution in [0.2, 0.25) is 0 Å². The van der Waals surface area contributed by atoms with Crippen molar-refractivity contribution in [2.24, 2.45) is 0 Å². The Morgan fingerprint density at radius 2 is 2.25 bits per heavy atom. The van der Waals surface area contributed by atoms with Crippen LogP contribution in [0.15, 0.2) is 18.2 Å². The van der Waals surface area contributed by atoms with Gasteiger partial charge in [-0.1, -0.05) is 0 Å². The standard InChI is InChI=1S/C13H16F2N2O2.ClH/c1-9-7-17(5-4-16-9)13(18)8-19-12-3-2-10(14)6-11(12)15;/h2-3,6,9,16H,4-5,7-8H2,1H3;1H. The minimum Gasteiger partial charge on any atom is -0.481 e. The predicted octanol–water partition coefficient (Wildman–Crippen LogP) is 1.59. The van der Waals surface area contributed by atoms with Gasteiger partial charge >= 0.3 is 0 Å². The van der Waals surface area contributed by atoms with Crippen LogP contribution in [0.25, 0.3) is 0 Å². The van der Waals surface area contributed by atoms with E-state index < -0.39 is 11.6 Å². The van der Waals surface area contributed by atoms with Gasteiger partial charge in [0.1, 0.15) is 5.82 Å². The lowest BCUT2D eigenvalue weighted by Gasteiger charge is -2.31. The molecule has 4 nitrogen and oxygen atoms in total. The van der Waals surface area contributed by atoms with Crippen LogP contribution in [-0.2, 0) is 4.79 Å². The van der Waals surface area contributed by atoms with Crippen LogP contribution in [0.1, 0.15) is 6.92 Å². The highest BCUT2D eigenvalue weighted by Crippen LogP contribution is 2.17. The summed E-state index contributed by atoms with van der Waals surface area (Å²) in [5.74, 6) is -1.79. The number of rotatable bonds is 3. The topological polar surface area (TPSA) is 41.6 Å². The molecule has 1 aliphatic rings. The number of ether oxygens (including phenoxy) is 1. The van der Waals surface area contributed by atoms with Gasteiger partial charge in [0, 0.05) is 31.7 Å². The van der Waals surface area contributed by atoms with Gasteiger partial charge in [0.15, 0.2) is 18.2 Å². The number of nitrogens with one attached hydrogen (secondary N) is 1.